The van der Waals surface area contributed by atoms with Gasteiger partial charge in [-0.2, -0.15) is 0 Å². The highest BCUT2D eigenvalue weighted by Crippen LogP contribution is 2.16. The molecule has 21 heavy (non-hydrogen) atoms. The van der Waals surface area contributed by atoms with E-state index in [9.17, 15) is 0 Å². The van der Waals surface area contributed by atoms with Gasteiger partial charge in [0.05, 0.1) is 0 Å². The second-order valence-electron chi connectivity index (χ2n) is 5.24. The molecule has 0 aliphatic heterocycles. The molecule has 0 amide bonds. The van der Waals surface area contributed by atoms with Crippen molar-refractivity contribution in [1.82, 2.24) is 9.88 Å². The largest absolute Gasteiger partial charge is 0.352 e. The number of thiocarbonyl (C=S) groups is 1. The number of aryl methyl sites for hydroxylation is 2. The summed E-state index contributed by atoms with van der Waals surface area (Å²) in [5, 5.41) is 4.04. The van der Waals surface area contributed by atoms with E-state index < -0.39 is 0 Å². The summed E-state index contributed by atoms with van der Waals surface area (Å²) >= 11 is 5.46. The van der Waals surface area contributed by atoms with E-state index in [1.165, 1.54) is 11.1 Å². The molecule has 3 nitrogen and oxygen atoms in total. The second-order valence-corrected chi connectivity index (χ2v) is 5.63. The zero-order valence-electron chi connectivity index (χ0n) is 12.8. The van der Waals surface area contributed by atoms with Gasteiger partial charge in [-0.25, -0.2) is 0 Å². The van der Waals surface area contributed by atoms with Crippen LogP contribution in [0.15, 0.2) is 42.6 Å². The van der Waals surface area contributed by atoms with Crippen molar-refractivity contribution in [3.8, 4) is 0 Å². The number of nitrogens with one attached hydrogen (secondary N) is 1. The lowest BCUT2D eigenvalue weighted by atomic mass is 10.1. The first-order valence-electron chi connectivity index (χ1n) is 7.05. The van der Waals surface area contributed by atoms with Crippen molar-refractivity contribution in [2.24, 2.45) is 0 Å². The highest BCUT2D eigenvalue weighted by Gasteiger charge is 2.07. The molecule has 0 atom stereocenters. The lowest BCUT2D eigenvalue weighted by Gasteiger charge is -2.21. The van der Waals surface area contributed by atoms with Crippen LogP contribution in [0.5, 0.6) is 0 Å². The fourth-order valence-electron chi connectivity index (χ4n) is 2.09. The number of benzene rings is 1. The lowest BCUT2D eigenvalue weighted by Crippen LogP contribution is -2.33. The number of rotatable bonds is 4. The molecule has 0 saturated heterocycles. The van der Waals surface area contributed by atoms with Crippen molar-refractivity contribution in [3.63, 3.8) is 0 Å². The average molecular weight is 299 g/mol. The zero-order chi connectivity index (χ0) is 15.2. The van der Waals surface area contributed by atoms with Crippen LogP contribution in [0.3, 0.4) is 0 Å². The van der Waals surface area contributed by atoms with Gasteiger partial charge >= 0.3 is 0 Å². The van der Waals surface area contributed by atoms with Crippen LogP contribution in [0.1, 0.15) is 16.8 Å². The molecule has 0 unspecified atom stereocenters. The molecule has 1 aromatic carbocycles. The van der Waals surface area contributed by atoms with Gasteiger partial charge in [-0.15, -0.1) is 0 Å². The maximum atomic E-state index is 5.46. The Morgan fingerprint density at radius 1 is 1.24 bits per heavy atom. The Morgan fingerprint density at radius 2 is 2.05 bits per heavy atom. The van der Waals surface area contributed by atoms with Crippen LogP contribution in [-0.2, 0) is 6.42 Å². The number of anilines is 1. The summed E-state index contributed by atoms with van der Waals surface area (Å²) < 4.78 is 0. The molecule has 0 radical (unpaired) electrons. The van der Waals surface area contributed by atoms with Crippen LogP contribution < -0.4 is 5.32 Å². The number of pyridine rings is 1. The van der Waals surface area contributed by atoms with Crippen LogP contribution in [0.25, 0.3) is 0 Å². The van der Waals surface area contributed by atoms with Gasteiger partial charge in [0.25, 0.3) is 0 Å². The van der Waals surface area contributed by atoms with E-state index in [1.54, 1.807) is 0 Å². The van der Waals surface area contributed by atoms with E-state index in [-0.39, 0.29) is 0 Å². The Kier molecular flexibility index (Phi) is 5.28. The molecule has 2 aromatic rings. The van der Waals surface area contributed by atoms with E-state index in [0.717, 1.165) is 29.5 Å². The minimum Gasteiger partial charge on any atom is -0.352 e. The van der Waals surface area contributed by atoms with Crippen molar-refractivity contribution in [3.05, 3.63) is 59.4 Å². The topological polar surface area (TPSA) is 28.2 Å². The minimum absolute atomic E-state index is 0.734. The number of hydrogen-bond acceptors (Lipinski definition) is 2. The molecule has 1 aromatic heterocycles. The Labute approximate surface area is 132 Å². The first kappa shape index (κ1) is 15.4. The molecule has 2 rings (SSSR count). The van der Waals surface area contributed by atoms with Gasteiger partial charge in [0, 0.05) is 37.6 Å². The summed E-state index contributed by atoms with van der Waals surface area (Å²) in [6.45, 7) is 5.02. The molecule has 4 heteroatoms. The van der Waals surface area contributed by atoms with Crippen LogP contribution in [-0.4, -0.2) is 28.6 Å². The molecular formula is C17H21N3S. The number of nitrogens with zero attached hydrogens (tertiary/aromatic N) is 2. The fourth-order valence-corrected chi connectivity index (χ4v) is 2.30. The summed E-state index contributed by atoms with van der Waals surface area (Å²) in [4.78, 5) is 6.37. The van der Waals surface area contributed by atoms with E-state index in [2.05, 4.69) is 42.3 Å². The SMILES string of the molecule is Cc1ccc(NC(=S)N(C)CCc2ccccn2)c(C)c1. The summed E-state index contributed by atoms with van der Waals surface area (Å²) in [5.41, 5.74) is 4.61. The van der Waals surface area contributed by atoms with Crippen LogP contribution in [0.2, 0.25) is 0 Å². The third kappa shape index (κ3) is 4.53. The highest BCUT2D eigenvalue weighted by molar-refractivity contribution is 7.80. The van der Waals surface area contributed by atoms with Crippen LogP contribution in [0, 0.1) is 13.8 Å². The standard InChI is InChI=1S/C17H21N3S/c1-13-7-8-16(14(2)12-13)19-17(21)20(3)11-9-15-6-4-5-10-18-15/h4-8,10,12H,9,11H2,1-3H3,(H,19,21). The van der Waals surface area contributed by atoms with Crippen molar-refractivity contribution >= 4 is 23.0 Å². The molecule has 0 fully saturated rings. The monoisotopic (exact) mass is 299 g/mol. The predicted molar refractivity (Wildman–Crippen MR) is 92.7 cm³/mol. The quantitative estimate of drug-likeness (QED) is 0.874. The third-order valence-electron chi connectivity index (χ3n) is 3.40. The number of hydrogen-bond donors (Lipinski definition) is 1. The Hall–Kier alpha value is -1.94. The van der Waals surface area contributed by atoms with Crippen molar-refractivity contribution in [1.29, 1.82) is 0 Å². The first-order valence-corrected chi connectivity index (χ1v) is 7.46. The van der Waals surface area contributed by atoms with Gasteiger partial charge in [-0.1, -0.05) is 23.8 Å². The molecule has 1 heterocycles. The lowest BCUT2D eigenvalue weighted by molar-refractivity contribution is 0.512. The van der Waals surface area contributed by atoms with Gasteiger partial charge in [-0.05, 0) is 49.8 Å². The maximum absolute atomic E-state index is 5.46. The normalized spacial score (nSPS) is 10.2. The fraction of sp³-hybridized carbons (Fsp3) is 0.294. The molecule has 0 aliphatic carbocycles. The average Bonchev–Trinajstić information content (AvgIpc) is 2.48. The zero-order valence-corrected chi connectivity index (χ0v) is 13.6. The van der Waals surface area contributed by atoms with Crippen LogP contribution >= 0.6 is 12.2 Å². The van der Waals surface area contributed by atoms with E-state index >= 15 is 0 Å². The predicted octanol–water partition coefficient (Wildman–Crippen LogP) is 3.57. The van der Waals surface area contributed by atoms with Gasteiger partial charge in [0.15, 0.2) is 5.11 Å². The molecule has 0 bridgehead atoms. The van der Waals surface area contributed by atoms with Crippen molar-refractivity contribution < 1.29 is 0 Å². The summed E-state index contributed by atoms with van der Waals surface area (Å²) in [5.74, 6) is 0. The van der Waals surface area contributed by atoms with Crippen molar-refractivity contribution in [2.45, 2.75) is 20.3 Å². The van der Waals surface area contributed by atoms with E-state index in [4.69, 9.17) is 12.2 Å². The number of aromatic nitrogens is 1. The summed E-state index contributed by atoms with van der Waals surface area (Å²) in [6.07, 6.45) is 2.70. The Bertz CT molecular complexity index is 611. The Morgan fingerprint density at radius 3 is 2.71 bits per heavy atom. The number of likely N-dealkylation sites (N-methyl/N-ethyl adjacent to an activating group) is 1. The molecule has 0 saturated carbocycles. The molecule has 0 aliphatic rings. The Balaban J connectivity index is 1.90. The molecule has 1 N–H and O–H groups in total. The van der Waals surface area contributed by atoms with Gasteiger partial charge in [0.1, 0.15) is 0 Å². The molecule has 110 valence electrons. The maximum Gasteiger partial charge on any atom is 0.173 e. The smallest absolute Gasteiger partial charge is 0.173 e. The van der Waals surface area contributed by atoms with Gasteiger partial charge in [-0.3, -0.25) is 4.98 Å². The first-order chi connectivity index (χ1) is 10.1. The van der Waals surface area contributed by atoms with Gasteiger partial charge < -0.3 is 10.2 Å². The summed E-state index contributed by atoms with van der Waals surface area (Å²) in [6, 6.07) is 12.3. The molecular weight excluding hydrogens is 278 g/mol. The van der Waals surface area contributed by atoms with E-state index in [0.29, 0.717) is 0 Å². The van der Waals surface area contributed by atoms with Gasteiger partial charge in [0.2, 0.25) is 0 Å². The minimum atomic E-state index is 0.734. The second kappa shape index (κ2) is 7.18. The van der Waals surface area contributed by atoms with Crippen molar-refractivity contribution in [2.75, 3.05) is 18.9 Å². The molecule has 0 spiro atoms. The third-order valence-corrected chi connectivity index (χ3v) is 3.81. The van der Waals surface area contributed by atoms with E-state index in [1.807, 2.05) is 36.3 Å². The summed E-state index contributed by atoms with van der Waals surface area (Å²) in [7, 11) is 2.00. The van der Waals surface area contributed by atoms with Crippen LogP contribution in [0.4, 0.5) is 5.69 Å². The highest BCUT2D eigenvalue weighted by atomic mass is 32.1.